The van der Waals surface area contributed by atoms with E-state index in [4.69, 9.17) is 20.9 Å². The second kappa shape index (κ2) is 5.91. The number of likely N-dealkylation sites (N-methyl/N-ethyl adjacent to an activating group) is 1. The number of nitrogens with zero attached hydrogens (tertiary/aromatic N) is 3. The molecule has 1 fully saturated rings. The number of halogens is 1. The summed E-state index contributed by atoms with van der Waals surface area (Å²) < 4.78 is 11.0. The maximum Gasteiger partial charge on any atom is 0.231 e. The van der Waals surface area contributed by atoms with Crippen LogP contribution in [0.15, 0.2) is 28.8 Å². The largest absolute Gasteiger partial charge is 0.367 e. The standard InChI is InChI=1S/C14H16ClN3O2/c1-18-5-6-19-12(9-18)14-16-13(20-17-14)8-10-3-2-4-11(15)7-10/h2-4,7,12H,5-6,8-9H2,1H3/t12-/m0/s1. The van der Waals surface area contributed by atoms with Gasteiger partial charge in [-0.1, -0.05) is 28.9 Å². The van der Waals surface area contributed by atoms with Gasteiger partial charge in [-0.05, 0) is 24.7 Å². The van der Waals surface area contributed by atoms with Gasteiger partial charge in [0.15, 0.2) is 0 Å². The Bertz CT molecular complexity index is 587. The summed E-state index contributed by atoms with van der Waals surface area (Å²) in [6, 6.07) is 7.64. The quantitative estimate of drug-likeness (QED) is 0.869. The minimum Gasteiger partial charge on any atom is -0.367 e. The molecule has 0 amide bonds. The van der Waals surface area contributed by atoms with Gasteiger partial charge in [0.1, 0.15) is 6.10 Å². The Morgan fingerprint density at radius 2 is 2.35 bits per heavy atom. The number of ether oxygens (including phenoxy) is 1. The van der Waals surface area contributed by atoms with Gasteiger partial charge in [0.25, 0.3) is 0 Å². The van der Waals surface area contributed by atoms with Crippen molar-refractivity contribution in [3.63, 3.8) is 0 Å². The highest BCUT2D eigenvalue weighted by atomic mass is 35.5. The van der Waals surface area contributed by atoms with Crippen LogP contribution in [0.3, 0.4) is 0 Å². The highest BCUT2D eigenvalue weighted by molar-refractivity contribution is 6.30. The molecule has 106 valence electrons. The summed E-state index contributed by atoms with van der Waals surface area (Å²) in [5.74, 6) is 1.20. The first kappa shape index (κ1) is 13.5. The van der Waals surface area contributed by atoms with Crippen LogP contribution in [0.25, 0.3) is 0 Å². The fourth-order valence-electron chi connectivity index (χ4n) is 2.23. The number of aromatic nitrogens is 2. The number of hydrogen-bond donors (Lipinski definition) is 0. The minimum atomic E-state index is -0.106. The van der Waals surface area contributed by atoms with Crippen LogP contribution in [-0.2, 0) is 11.2 Å². The third kappa shape index (κ3) is 3.17. The van der Waals surface area contributed by atoms with Crippen molar-refractivity contribution in [2.75, 3.05) is 26.7 Å². The summed E-state index contributed by atoms with van der Waals surface area (Å²) in [4.78, 5) is 6.62. The first-order valence-corrected chi connectivity index (χ1v) is 6.95. The molecular formula is C14H16ClN3O2. The number of rotatable bonds is 3. The molecule has 6 heteroatoms. The zero-order chi connectivity index (χ0) is 13.9. The van der Waals surface area contributed by atoms with Gasteiger partial charge in [-0.15, -0.1) is 0 Å². The van der Waals surface area contributed by atoms with Crippen molar-refractivity contribution in [2.24, 2.45) is 0 Å². The Labute approximate surface area is 122 Å². The molecule has 3 rings (SSSR count). The molecule has 5 nitrogen and oxygen atoms in total. The smallest absolute Gasteiger partial charge is 0.231 e. The lowest BCUT2D eigenvalue weighted by molar-refractivity contribution is -0.0264. The van der Waals surface area contributed by atoms with Crippen molar-refractivity contribution >= 4 is 11.6 Å². The normalized spacial score (nSPS) is 20.2. The zero-order valence-corrected chi connectivity index (χ0v) is 12.0. The third-order valence-electron chi connectivity index (χ3n) is 3.29. The van der Waals surface area contributed by atoms with E-state index in [1.54, 1.807) is 0 Å². The number of hydrogen-bond acceptors (Lipinski definition) is 5. The van der Waals surface area contributed by atoms with E-state index in [0.29, 0.717) is 29.8 Å². The van der Waals surface area contributed by atoms with Crippen molar-refractivity contribution in [3.8, 4) is 0 Å². The van der Waals surface area contributed by atoms with E-state index < -0.39 is 0 Å². The molecule has 1 aromatic heterocycles. The van der Waals surface area contributed by atoms with Gasteiger partial charge >= 0.3 is 0 Å². The zero-order valence-electron chi connectivity index (χ0n) is 11.3. The second-order valence-electron chi connectivity index (χ2n) is 4.97. The SMILES string of the molecule is CN1CCO[C@H](c2noc(Cc3cccc(Cl)c3)n2)C1. The Kier molecular flexibility index (Phi) is 4.00. The number of benzene rings is 1. The van der Waals surface area contributed by atoms with Crippen molar-refractivity contribution in [3.05, 3.63) is 46.6 Å². The van der Waals surface area contributed by atoms with Crippen LogP contribution in [0.1, 0.15) is 23.4 Å². The van der Waals surface area contributed by atoms with E-state index in [1.807, 2.05) is 24.3 Å². The highest BCUT2D eigenvalue weighted by Gasteiger charge is 2.24. The van der Waals surface area contributed by atoms with Gasteiger partial charge in [0.2, 0.25) is 11.7 Å². The molecule has 0 unspecified atom stereocenters. The second-order valence-corrected chi connectivity index (χ2v) is 5.41. The average Bonchev–Trinajstić information content (AvgIpc) is 2.87. The fourth-order valence-corrected chi connectivity index (χ4v) is 2.44. The molecular weight excluding hydrogens is 278 g/mol. The van der Waals surface area contributed by atoms with Gasteiger partial charge in [0, 0.05) is 18.1 Å². The molecule has 0 bridgehead atoms. The van der Waals surface area contributed by atoms with E-state index in [9.17, 15) is 0 Å². The molecule has 0 saturated carbocycles. The van der Waals surface area contributed by atoms with E-state index in [1.165, 1.54) is 0 Å². The van der Waals surface area contributed by atoms with Crippen LogP contribution in [0.2, 0.25) is 5.02 Å². The minimum absolute atomic E-state index is 0.106. The summed E-state index contributed by atoms with van der Waals surface area (Å²) in [7, 11) is 2.06. The molecule has 0 spiro atoms. The van der Waals surface area contributed by atoms with Crippen LogP contribution >= 0.6 is 11.6 Å². The summed E-state index contributed by atoms with van der Waals surface area (Å²) >= 11 is 5.96. The van der Waals surface area contributed by atoms with Crippen molar-refractivity contribution in [1.82, 2.24) is 15.0 Å². The first-order chi connectivity index (χ1) is 9.70. The molecule has 0 N–H and O–H groups in total. The topological polar surface area (TPSA) is 51.4 Å². The summed E-state index contributed by atoms with van der Waals surface area (Å²) in [6.07, 6.45) is 0.474. The Morgan fingerprint density at radius 1 is 1.45 bits per heavy atom. The van der Waals surface area contributed by atoms with Gasteiger partial charge in [0.05, 0.1) is 13.0 Å². The molecule has 0 radical (unpaired) electrons. The van der Waals surface area contributed by atoms with Crippen molar-refractivity contribution < 1.29 is 9.26 Å². The summed E-state index contributed by atoms with van der Waals surface area (Å²) in [5.41, 5.74) is 1.05. The van der Waals surface area contributed by atoms with Crippen LogP contribution in [0.4, 0.5) is 0 Å². The molecule has 2 heterocycles. The lowest BCUT2D eigenvalue weighted by Crippen LogP contribution is -2.35. The molecule has 2 aromatic rings. The molecule has 1 atom stereocenters. The number of morpholine rings is 1. The predicted octanol–water partition coefficient (Wildman–Crippen LogP) is 2.32. The Hall–Kier alpha value is -1.43. The van der Waals surface area contributed by atoms with Crippen LogP contribution in [0, 0.1) is 0 Å². The van der Waals surface area contributed by atoms with E-state index >= 15 is 0 Å². The monoisotopic (exact) mass is 293 g/mol. The fraction of sp³-hybridized carbons (Fsp3) is 0.429. The first-order valence-electron chi connectivity index (χ1n) is 6.58. The maximum atomic E-state index is 5.96. The summed E-state index contributed by atoms with van der Waals surface area (Å²) in [6.45, 7) is 2.42. The van der Waals surface area contributed by atoms with E-state index in [2.05, 4.69) is 22.1 Å². The lowest BCUT2D eigenvalue weighted by Gasteiger charge is -2.27. The molecule has 1 saturated heterocycles. The lowest BCUT2D eigenvalue weighted by atomic mass is 10.1. The molecule has 20 heavy (non-hydrogen) atoms. The predicted molar refractivity (Wildman–Crippen MR) is 74.7 cm³/mol. The highest BCUT2D eigenvalue weighted by Crippen LogP contribution is 2.20. The summed E-state index contributed by atoms with van der Waals surface area (Å²) in [5, 5.41) is 4.73. The molecule has 0 aliphatic carbocycles. The third-order valence-corrected chi connectivity index (χ3v) is 3.52. The van der Waals surface area contributed by atoms with Crippen LogP contribution in [0.5, 0.6) is 0 Å². The Balaban J connectivity index is 1.70. The molecule has 1 aliphatic heterocycles. The van der Waals surface area contributed by atoms with E-state index in [-0.39, 0.29) is 6.10 Å². The van der Waals surface area contributed by atoms with Crippen LogP contribution < -0.4 is 0 Å². The van der Waals surface area contributed by atoms with E-state index in [0.717, 1.165) is 18.7 Å². The van der Waals surface area contributed by atoms with Crippen molar-refractivity contribution in [2.45, 2.75) is 12.5 Å². The maximum absolute atomic E-state index is 5.96. The molecule has 1 aromatic carbocycles. The van der Waals surface area contributed by atoms with Crippen LogP contribution in [-0.4, -0.2) is 41.8 Å². The van der Waals surface area contributed by atoms with Gasteiger partial charge in [-0.2, -0.15) is 4.98 Å². The van der Waals surface area contributed by atoms with Crippen molar-refractivity contribution in [1.29, 1.82) is 0 Å². The average molecular weight is 294 g/mol. The van der Waals surface area contributed by atoms with Gasteiger partial charge in [-0.3, -0.25) is 0 Å². The molecule has 1 aliphatic rings. The van der Waals surface area contributed by atoms with Gasteiger partial charge in [-0.25, -0.2) is 0 Å². The Morgan fingerprint density at radius 3 is 3.15 bits per heavy atom. The van der Waals surface area contributed by atoms with Gasteiger partial charge < -0.3 is 14.2 Å².